The summed E-state index contributed by atoms with van der Waals surface area (Å²) in [7, 11) is -3.67. The van der Waals surface area contributed by atoms with Crippen LogP contribution in [0.25, 0.3) is 0 Å². The van der Waals surface area contributed by atoms with Crippen molar-refractivity contribution in [2.45, 2.75) is 31.7 Å². The van der Waals surface area contributed by atoms with Crippen molar-refractivity contribution in [3.63, 3.8) is 0 Å². The fourth-order valence-corrected chi connectivity index (χ4v) is 3.48. The van der Waals surface area contributed by atoms with Gasteiger partial charge in [0.05, 0.1) is 4.90 Å². The highest BCUT2D eigenvalue weighted by Gasteiger charge is 2.33. The summed E-state index contributed by atoms with van der Waals surface area (Å²) >= 11 is 0. The lowest BCUT2D eigenvalue weighted by atomic mass is 10.1. The molecule has 0 spiro atoms. The predicted molar refractivity (Wildman–Crippen MR) is 71.5 cm³/mol. The van der Waals surface area contributed by atoms with Crippen molar-refractivity contribution in [3.8, 4) is 0 Å². The van der Waals surface area contributed by atoms with Gasteiger partial charge in [-0.1, -0.05) is 6.92 Å². The molecule has 19 heavy (non-hydrogen) atoms. The van der Waals surface area contributed by atoms with Crippen LogP contribution in [0.2, 0.25) is 0 Å². The molecule has 0 aliphatic heterocycles. The molecule has 3 N–H and O–H groups in total. The zero-order valence-corrected chi connectivity index (χ0v) is 11.9. The van der Waals surface area contributed by atoms with Gasteiger partial charge in [-0.25, -0.2) is 17.5 Å². The van der Waals surface area contributed by atoms with E-state index in [9.17, 15) is 12.8 Å². The molecule has 0 aromatic heterocycles. The Hall–Kier alpha value is -0.980. The maximum atomic E-state index is 13.7. The second-order valence-corrected chi connectivity index (χ2v) is 6.97. The summed E-state index contributed by atoms with van der Waals surface area (Å²) in [4.78, 5) is -0.0127. The Kier molecular flexibility index (Phi) is 3.94. The highest BCUT2D eigenvalue weighted by atomic mass is 32.2. The highest BCUT2D eigenvalue weighted by Crippen LogP contribution is 2.37. The van der Waals surface area contributed by atoms with Crippen LogP contribution in [0, 0.1) is 24.6 Å². The van der Waals surface area contributed by atoms with Gasteiger partial charge in [0, 0.05) is 18.7 Å². The average molecular weight is 286 g/mol. The minimum Gasteiger partial charge on any atom is -0.326 e. The van der Waals surface area contributed by atoms with Crippen molar-refractivity contribution < 1.29 is 12.8 Å². The Morgan fingerprint density at radius 2 is 2.11 bits per heavy atom. The standard InChI is InChI=1S/C13H19FN2O2S/c1-8-3-11(8)7-16-19(17,18)13-5-10(6-15)4-12(14)9(13)2/h4-5,8,11,16H,3,6-7,15H2,1-2H3. The minimum absolute atomic E-state index is 0.0127. The Bertz CT molecular complexity index is 587. The van der Waals surface area contributed by atoms with E-state index in [2.05, 4.69) is 11.6 Å². The summed E-state index contributed by atoms with van der Waals surface area (Å²) in [6.07, 6.45) is 1.04. The molecular weight excluding hydrogens is 267 g/mol. The van der Waals surface area contributed by atoms with E-state index >= 15 is 0 Å². The summed E-state index contributed by atoms with van der Waals surface area (Å²) in [6.45, 7) is 4.07. The minimum atomic E-state index is -3.67. The lowest BCUT2D eigenvalue weighted by molar-refractivity contribution is 0.568. The van der Waals surface area contributed by atoms with Gasteiger partial charge < -0.3 is 5.73 Å². The molecule has 1 aliphatic rings. The molecule has 1 aromatic rings. The van der Waals surface area contributed by atoms with Gasteiger partial charge in [0.15, 0.2) is 0 Å². The molecule has 4 nitrogen and oxygen atoms in total. The number of hydrogen-bond acceptors (Lipinski definition) is 3. The number of nitrogens with one attached hydrogen (secondary N) is 1. The van der Waals surface area contributed by atoms with E-state index in [1.165, 1.54) is 19.1 Å². The molecule has 0 bridgehead atoms. The quantitative estimate of drug-likeness (QED) is 0.862. The largest absolute Gasteiger partial charge is 0.326 e. The van der Waals surface area contributed by atoms with Crippen LogP contribution in [-0.4, -0.2) is 15.0 Å². The maximum Gasteiger partial charge on any atom is 0.240 e. The zero-order chi connectivity index (χ0) is 14.2. The normalized spacial score (nSPS) is 22.5. The predicted octanol–water partition coefficient (Wildman–Crippen LogP) is 1.53. The van der Waals surface area contributed by atoms with Crippen LogP contribution in [0.15, 0.2) is 17.0 Å². The fraction of sp³-hybridized carbons (Fsp3) is 0.538. The van der Waals surface area contributed by atoms with Crippen molar-refractivity contribution in [1.29, 1.82) is 0 Å². The third-order valence-electron chi connectivity index (χ3n) is 3.69. The monoisotopic (exact) mass is 286 g/mol. The first kappa shape index (κ1) is 14.4. The van der Waals surface area contributed by atoms with Gasteiger partial charge in [-0.3, -0.25) is 0 Å². The number of hydrogen-bond donors (Lipinski definition) is 2. The third-order valence-corrected chi connectivity index (χ3v) is 5.24. The van der Waals surface area contributed by atoms with E-state index in [0.29, 0.717) is 23.9 Å². The van der Waals surface area contributed by atoms with Crippen molar-refractivity contribution in [3.05, 3.63) is 29.1 Å². The van der Waals surface area contributed by atoms with Crippen molar-refractivity contribution >= 4 is 10.0 Å². The molecule has 1 fully saturated rings. The highest BCUT2D eigenvalue weighted by molar-refractivity contribution is 7.89. The van der Waals surface area contributed by atoms with E-state index < -0.39 is 15.8 Å². The van der Waals surface area contributed by atoms with Crippen LogP contribution in [-0.2, 0) is 16.6 Å². The lowest BCUT2D eigenvalue weighted by Gasteiger charge is -2.11. The van der Waals surface area contributed by atoms with Gasteiger partial charge in [0.25, 0.3) is 0 Å². The number of benzene rings is 1. The van der Waals surface area contributed by atoms with E-state index in [1.807, 2.05) is 0 Å². The lowest BCUT2D eigenvalue weighted by Crippen LogP contribution is -2.27. The molecular formula is C13H19FN2O2S. The molecule has 1 aliphatic carbocycles. The first-order valence-corrected chi connectivity index (χ1v) is 7.82. The van der Waals surface area contributed by atoms with Gasteiger partial charge in [-0.15, -0.1) is 0 Å². The van der Waals surface area contributed by atoms with E-state index in [4.69, 9.17) is 5.73 Å². The molecule has 2 unspecified atom stereocenters. The molecule has 2 atom stereocenters. The van der Waals surface area contributed by atoms with Crippen LogP contribution in [0.4, 0.5) is 4.39 Å². The number of halogens is 1. The third kappa shape index (κ3) is 3.13. The fourth-order valence-electron chi connectivity index (χ4n) is 2.08. The molecule has 0 saturated heterocycles. The Labute approximate surface area is 113 Å². The maximum absolute atomic E-state index is 13.7. The Morgan fingerprint density at radius 1 is 1.47 bits per heavy atom. The second kappa shape index (κ2) is 5.19. The molecule has 1 aromatic carbocycles. The summed E-state index contributed by atoms with van der Waals surface area (Å²) in [6, 6.07) is 2.72. The summed E-state index contributed by atoms with van der Waals surface area (Å²) in [5.74, 6) is 0.427. The van der Waals surface area contributed by atoms with Crippen molar-refractivity contribution in [2.24, 2.45) is 17.6 Å². The summed E-state index contributed by atoms with van der Waals surface area (Å²) < 4.78 is 40.6. The zero-order valence-electron chi connectivity index (χ0n) is 11.1. The number of sulfonamides is 1. The van der Waals surface area contributed by atoms with Crippen molar-refractivity contribution in [1.82, 2.24) is 4.72 Å². The summed E-state index contributed by atoms with van der Waals surface area (Å²) in [5, 5.41) is 0. The van der Waals surface area contributed by atoms with E-state index in [-0.39, 0.29) is 17.0 Å². The molecule has 6 heteroatoms. The van der Waals surface area contributed by atoms with Gasteiger partial charge in [-0.2, -0.15) is 0 Å². The summed E-state index contributed by atoms with van der Waals surface area (Å²) in [5.41, 5.74) is 6.06. The molecule has 2 rings (SSSR count). The van der Waals surface area contributed by atoms with Gasteiger partial charge >= 0.3 is 0 Å². The van der Waals surface area contributed by atoms with Crippen LogP contribution in [0.5, 0.6) is 0 Å². The molecule has 0 amide bonds. The van der Waals surface area contributed by atoms with Crippen LogP contribution >= 0.6 is 0 Å². The van der Waals surface area contributed by atoms with Crippen LogP contribution in [0.1, 0.15) is 24.5 Å². The van der Waals surface area contributed by atoms with E-state index in [1.54, 1.807) is 0 Å². The number of rotatable bonds is 5. The van der Waals surface area contributed by atoms with E-state index in [0.717, 1.165) is 6.42 Å². The van der Waals surface area contributed by atoms with Gasteiger partial charge in [0.1, 0.15) is 5.82 Å². The smallest absolute Gasteiger partial charge is 0.240 e. The first-order chi connectivity index (χ1) is 8.85. The van der Waals surface area contributed by atoms with Crippen LogP contribution in [0.3, 0.4) is 0 Å². The molecule has 1 saturated carbocycles. The van der Waals surface area contributed by atoms with Gasteiger partial charge in [0.2, 0.25) is 10.0 Å². The molecule has 0 radical (unpaired) electrons. The first-order valence-electron chi connectivity index (χ1n) is 6.34. The second-order valence-electron chi connectivity index (χ2n) is 5.23. The Morgan fingerprint density at radius 3 is 2.63 bits per heavy atom. The topological polar surface area (TPSA) is 72.2 Å². The van der Waals surface area contributed by atoms with Crippen molar-refractivity contribution in [2.75, 3.05) is 6.54 Å². The van der Waals surface area contributed by atoms with Crippen LogP contribution < -0.4 is 10.5 Å². The SMILES string of the molecule is Cc1c(F)cc(CN)cc1S(=O)(=O)NCC1CC1C. The molecule has 106 valence electrons. The molecule has 0 heterocycles. The Balaban J connectivity index is 2.25. The average Bonchev–Trinajstić information content (AvgIpc) is 3.06. The number of nitrogens with two attached hydrogens (primary N) is 1. The van der Waals surface area contributed by atoms with Gasteiger partial charge in [-0.05, 0) is 42.9 Å².